The van der Waals surface area contributed by atoms with Crippen LogP contribution in [0.25, 0.3) is 55.6 Å². The molecule has 1 atom stereocenters. The molecular weight excluding hydrogens is 821 g/mol. The standard InChI is InChI=1S/C66H50N2/c1-7-20-49(21-8-1)51-34-38-59(39-35-51)67(57-30-15-5-16-31-57)61-42-44-63(65(47-61)53-24-11-3-12-25-53)55-28-19-29-56(46-55)64-45-43-62(48-66(64)54-26-13-4-14-27-54)68(58-32-17-6-18-33-58)60-40-36-52(37-41-60)50-22-9-2-10-23-50/h1-26,28-48,54H,27H2. The molecule has 1 unspecified atom stereocenters. The summed E-state index contributed by atoms with van der Waals surface area (Å²) in [6.07, 6.45) is 9.95. The van der Waals surface area contributed by atoms with Crippen LogP contribution in [0.2, 0.25) is 0 Å². The maximum atomic E-state index is 2.42. The number of allylic oxidation sites excluding steroid dienone is 4. The lowest BCUT2D eigenvalue weighted by molar-refractivity contribution is 0.855. The molecule has 0 fully saturated rings. The number of benzene rings is 10. The third kappa shape index (κ3) is 8.84. The van der Waals surface area contributed by atoms with Gasteiger partial charge >= 0.3 is 0 Å². The van der Waals surface area contributed by atoms with Crippen molar-refractivity contribution in [2.75, 3.05) is 9.80 Å². The normalized spacial score (nSPS) is 13.0. The fraction of sp³-hybridized carbons (Fsp3) is 0.0303. The van der Waals surface area contributed by atoms with E-state index in [1.54, 1.807) is 0 Å². The second kappa shape index (κ2) is 19.4. The van der Waals surface area contributed by atoms with Gasteiger partial charge in [-0.25, -0.2) is 0 Å². The van der Waals surface area contributed by atoms with Crippen molar-refractivity contribution in [3.05, 3.63) is 291 Å². The summed E-state index contributed by atoms with van der Waals surface area (Å²) in [5.74, 6) is 0.224. The van der Waals surface area contributed by atoms with Crippen LogP contribution in [0, 0.1) is 0 Å². The average molecular weight is 871 g/mol. The highest BCUT2D eigenvalue weighted by Crippen LogP contribution is 2.45. The third-order valence-corrected chi connectivity index (χ3v) is 13.0. The number of rotatable bonds is 12. The van der Waals surface area contributed by atoms with Crippen molar-refractivity contribution >= 4 is 34.1 Å². The molecule has 0 bridgehead atoms. The zero-order chi connectivity index (χ0) is 45.5. The molecule has 1 aliphatic rings. The van der Waals surface area contributed by atoms with Crippen molar-refractivity contribution in [1.82, 2.24) is 0 Å². The minimum atomic E-state index is 0.224. The second-order valence-electron chi connectivity index (χ2n) is 17.3. The Kier molecular flexibility index (Phi) is 12.0. The summed E-state index contributed by atoms with van der Waals surface area (Å²) in [6, 6.07) is 94.4. The van der Waals surface area contributed by atoms with Crippen LogP contribution in [0.3, 0.4) is 0 Å². The van der Waals surface area contributed by atoms with Gasteiger partial charge < -0.3 is 9.80 Å². The van der Waals surface area contributed by atoms with Crippen LogP contribution in [-0.2, 0) is 0 Å². The van der Waals surface area contributed by atoms with Gasteiger partial charge in [-0.2, -0.15) is 0 Å². The molecule has 1 aliphatic carbocycles. The van der Waals surface area contributed by atoms with Crippen LogP contribution in [0.4, 0.5) is 34.1 Å². The van der Waals surface area contributed by atoms with Gasteiger partial charge in [0, 0.05) is 40.0 Å². The Labute approximate surface area is 400 Å². The van der Waals surface area contributed by atoms with Crippen molar-refractivity contribution in [2.45, 2.75) is 12.3 Å². The third-order valence-electron chi connectivity index (χ3n) is 13.0. The molecule has 10 aromatic rings. The van der Waals surface area contributed by atoms with Gasteiger partial charge in [0.15, 0.2) is 0 Å². The molecule has 0 amide bonds. The fourth-order valence-electron chi connectivity index (χ4n) is 9.62. The minimum Gasteiger partial charge on any atom is -0.310 e. The molecule has 0 saturated carbocycles. The van der Waals surface area contributed by atoms with Crippen LogP contribution in [0.15, 0.2) is 285 Å². The lowest BCUT2D eigenvalue weighted by Gasteiger charge is -2.28. The van der Waals surface area contributed by atoms with E-state index in [1.807, 2.05) is 0 Å². The Balaban J connectivity index is 1.00. The first-order valence-corrected chi connectivity index (χ1v) is 23.5. The summed E-state index contributed by atoms with van der Waals surface area (Å²) in [7, 11) is 0. The summed E-state index contributed by atoms with van der Waals surface area (Å²) in [5, 5.41) is 0. The smallest absolute Gasteiger partial charge is 0.0468 e. The summed E-state index contributed by atoms with van der Waals surface area (Å²) in [6.45, 7) is 0. The molecule has 68 heavy (non-hydrogen) atoms. The van der Waals surface area contributed by atoms with Gasteiger partial charge in [-0.15, -0.1) is 0 Å². The lowest BCUT2D eigenvalue weighted by atomic mass is 9.85. The monoisotopic (exact) mass is 870 g/mol. The fourth-order valence-corrected chi connectivity index (χ4v) is 9.62. The Hall–Kier alpha value is -8.72. The Morgan fingerprint density at radius 3 is 1.16 bits per heavy atom. The van der Waals surface area contributed by atoms with Crippen molar-refractivity contribution in [1.29, 1.82) is 0 Å². The topological polar surface area (TPSA) is 6.48 Å². The van der Waals surface area contributed by atoms with E-state index in [2.05, 4.69) is 295 Å². The quantitative estimate of drug-likeness (QED) is 0.121. The predicted octanol–water partition coefficient (Wildman–Crippen LogP) is 18.6. The van der Waals surface area contributed by atoms with Gasteiger partial charge in [0.25, 0.3) is 0 Å². The molecule has 0 saturated heterocycles. The van der Waals surface area contributed by atoms with Crippen molar-refractivity contribution < 1.29 is 0 Å². The molecule has 2 heteroatoms. The molecule has 324 valence electrons. The summed E-state index contributed by atoms with van der Waals surface area (Å²) in [5.41, 5.74) is 19.9. The molecule has 11 rings (SSSR count). The SMILES string of the molecule is C1=CCC(c2cc(N(c3ccccc3)c3ccc(-c4ccccc4)cc3)ccc2-c2cccc(-c3ccc(N(c4ccccc4)c4ccc(-c5ccccc5)cc4)cc3-c3ccccc3)c2)C=C1. The van der Waals surface area contributed by atoms with Gasteiger partial charge in [-0.1, -0.05) is 206 Å². The summed E-state index contributed by atoms with van der Waals surface area (Å²) >= 11 is 0. The van der Waals surface area contributed by atoms with E-state index in [1.165, 1.54) is 61.2 Å². The number of nitrogens with zero attached hydrogens (tertiary/aromatic N) is 2. The predicted molar refractivity (Wildman–Crippen MR) is 289 cm³/mol. The van der Waals surface area contributed by atoms with Crippen LogP contribution in [0.5, 0.6) is 0 Å². The van der Waals surface area contributed by atoms with Gasteiger partial charge in [-0.3, -0.25) is 0 Å². The first kappa shape index (κ1) is 41.9. The number of anilines is 6. The van der Waals surface area contributed by atoms with Crippen LogP contribution in [-0.4, -0.2) is 0 Å². The molecule has 0 N–H and O–H groups in total. The maximum absolute atomic E-state index is 2.42. The van der Waals surface area contributed by atoms with E-state index in [-0.39, 0.29) is 5.92 Å². The van der Waals surface area contributed by atoms with Crippen LogP contribution >= 0.6 is 0 Å². The van der Waals surface area contributed by atoms with Gasteiger partial charge in [0.05, 0.1) is 0 Å². The number of hydrogen-bond acceptors (Lipinski definition) is 2. The highest BCUT2D eigenvalue weighted by atomic mass is 15.1. The number of para-hydroxylation sites is 2. The molecule has 2 nitrogen and oxygen atoms in total. The minimum absolute atomic E-state index is 0.224. The van der Waals surface area contributed by atoms with E-state index in [0.29, 0.717) is 0 Å². The van der Waals surface area contributed by atoms with E-state index < -0.39 is 0 Å². The zero-order valence-electron chi connectivity index (χ0n) is 37.8. The maximum Gasteiger partial charge on any atom is 0.0468 e. The molecule has 0 spiro atoms. The van der Waals surface area contributed by atoms with Crippen molar-refractivity contribution in [2.24, 2.45) is 0 Å². The first-order chi connectivity index (χ1) is 33.7. The Bertz CT molecular complexity index is 3320. The van der Waals surface area contributed by atoms with E-state index in [0.717, 1.165) is 40.5 Å². The average Bonchev–Trinajstić information content (AvgIpc) is 3.43. The molecule has 0 aromatic heterocycles. The van der Waals surface area contributed by atoms with Crippen LogP contribution < -0.4 is 9.80 Å². The largest absolute Gasteiger partial charge is 0.310 e. The number of hydrogen-bond donors (Lipinski definition) is 0. The van der Waals surface area contributed by atoms with Gasteiger partial charge in [0.1, 0.15) is 0 Å². The van der Waals surface area contributed by atoms with Crippen molar-refractivity contribution in [3.63, 3.8) is 0 Å². The Morgan fingerprint density at radius 2 is 0.662 bits per heavy atom. The molecular formula is C66H50N2. The van der Waals surface area contributed by atoms with E-state index in [9.17, 15) is 0 Å². The summed E-state index contributed by atoms with van der Waals surface area (Å²) in [4.78, 5) is 4.74. The molecule has 10 aromatic carbocycles. The van der Waals surface area contributed by atoms with E-state index >= 15 is 0 Å². The molecule has 0 aliphatic heterocycles. The lowest BCUT2D eigenvalue weighted by Crippen LogP contribution is -2.11. The second-order valence-corrected chi connectivity index (χ2v) is 17.3. The zero-order valence-corrected chi connectivity index (χ0v) is 37.8. The first-order valence-electron chi connectivity index (χ1n) is 23.5. The summed E-state index contributed by atoms with van der Waals surface area (Å²) < 4.78 is 0. The highest BCUT2D eigenvalue weighted by Gasteiger charge is 2.21. The van der Waals surface area contributed by atoms with Gasteiger partial charge in [-0.05, 0) is 146 Å². The molecule has 0 heterocycles. The highest BCUT2D eigenvalue weighted by molar-refractivity contribution is 5.91. The van der Waals surface area contributed by atoms with Crippen LogP contribution in [0.1, 0.15) is 17.9 Å². The Morgan fingerprint density at radius 1 is 0.265 bits per heavy atom. The molecule has 0 radical (unpaired) electrons. The van der Waals surface area contributed by atoms with E-state index in [4.69, 9.17) is 0 Å². The van der Waals surface area contributed by atoms with Crippen molar-refractivity contribution in [3.8, 4) is 55.6 Å². The van der Waals surface area contributed by atoms with Gasteiger partial charge in [0.2, 0.25) is 0 Å².